The Morgan fingerprint density at radius 2 is 2.10 bits per heavy atom. The van der Waals surface area contributed by atoms with Crippen molar-refractivity contribution >= 4 is 41.4 Å². The number of H-pyrrole nitrogens is 1. The summed E-state index contributed by atoms with van der Waals surface area (Å²) in [5.74, 6) is -0.423. The summed E-state index contributed by atoms with van der Waals surface area (Å²) in [6.45, 7) is 5.53. The van der Waals surface area contributed by atoms with E-state index in [1.807, 2.05) is 0 Å². The number of aromatic nitrogens is 2. The lowest BCUT2D eigenvalue weighted by Gasteiger charge is -2.02. The first kappa shape index (κ1) is 17.6. The van der Waals surface area contributed by atoms with Crippen molar-refractivity contribution in [3.63, 3.8) is 0 Å². The van der Waals surface area contributed by atoms with Crippen LogP contribution in [0.2, 0.25) is 10.0 Å². The maximum atomic E-state index is 12.5. The normalized spacial score (nSPS) is 10.0. The number of aryl methyl sites for hydroxylation is 1. The lowest BCUT2D eigenvalue weighted by molar-refractivity contribution is 0.103. The van der Waals surface area contributed by atoms with E-state index in [9.17, 15) is 9.59 Å². The van der Waals surface area contributed by atoms with Gasteiger partial charge in [0, 0.05) is 16.3 Å². The molecule has 1 aromatic heterocycles. The molecule has 2 rings (SSSR count). The van der Waals surface area contributed by atoms with Gasteiger partial charge in [-0.15, -0.1) is 19.0 Å². The molecule has 0 spiro atoms. The van der Waals surface area contributed by atoms with E-state index in [2.05, 4.69) is 11.7 Å². The molecule has 0 saturated carbocycles. The average molecular weight is 348 g/mol. The van der Waals surface area contributed by atoms with E-state index < -0.39 is 11.3 Å². The molecule has 7 heteroatoms. The van der Waals surface area contributed by atoms with Crippen LogP contribution in [0.4, 0.5) is 0 Å². The molecule has 0 bridgehead atoms. The Balaban J connectivity index is 0.00000220. The van der Waals surface area contributed by atoms with Crippen molar-refractivity contribution < 1.29 is 4.79 Å². The molecule has 0 radical (unpaired) electrons. The van der Waals surface area contributed by atoms with Gasteiger partial charge in [-0.25, -0.2) is 4.68 Å². The number of rotatable bonds is 4. The maximum Gasteiger partial charge on any atom is 0.278 e. The minimum atomic E-state index is -0.423. The van der Waals surface area contributed by atoms with Crippen LogP contribution in [0.5, 0.6) is 0 Å². The number of allylic oxidation sites excluding steroid dienone is 1. The number of benzene rings is 1. The number of hydrogen-bond acceptors (Lipinski definition) is 2. The van der Waals surface area contributed by atoms with Crippen LogP contribution in [0.15, 0.2) is 35.6 Å². The van der Waals surface area contributed by atoms with Crippen molar-refractivity contribution in [2.45, 2.75) is 13.5 Å². The monoisotopic (exact) mass is 346 g/mol. The molecule has 0 unspecified atom stereocenters. The Labute approximate surface area is 137 Å². The van der Waals surface area contributed by atoms with Crippen molar-refractivity contribution in [3.05, 3.63) is 68.1 Å². The van der Waals surface area contributed by atoms with E-state index >= 15 is 0 Å². The highest BCUT2D eigenvalue weighted by atomic mass is 35.5. The molecule has 0 fully saturated rings. The summed E-state index contributed by atoms with van der Waals surface area (Å²) >= 11 is 11.8. The van der Waals surface area contributed by atoms with Crippen LogP contribution in [0.25, 0.3) is 0 Å². The summed E-state index contributed by atoms with van der Waals surface area (Å²) in [6, 6.07) is 4.54. The second kappa shape index (κ2) is 6.98. The number of hydrogen-bond donors (Lipinski definition) is 1. The topological polar surface area (TPSA) is 54.9 Å². The number of ketones is 1. The second-order valence-electron chi connectivity index (χ2n) is 4.27. The highest BCUT2D eigenvalue weighted by molar-refractivity contribution is 6.37. The number of halogens is 3. The molecule has 0 amide bonds. The summed E-state index contributed by atoms with van der Waals surface area (Å²) < 4.78 is 1.32. The fraction of sp³-hybridized carbons (Fsp3) is 0.143. The van der Waals surface area contributed by atoms with Crippen LogP contribution < -0.4 is 5.56 Å². The summed E-state index contributed by atoms with van der Waals surface area (Å²) in [5, 5.41) is 3.49. The predicted molar refractivity (Wildman–Crippen MR) is 87.1 cm³/mol. The molecule has 4 nitrogen and oxygen atoms in total. The van der Waals surface area contributed by atoms with Gasteiger partial charge in [0.2, 0.25) is 5.78 Å². The van der Waals surface area contributed by atoms with E-state index in [0.717, 1.165) is 0 Å². The molecule has 0 aliphatic rings. The van der Waals surface area contributed by atoms with Crippen molar-refractivity contribution in [1.29, 1.82) is 0 Å². The molecule has 0 atom stereocenters. The Kier molecular flexibility index (Phi) is 5.84. The highest BCUT2D eigenvalue weighted by Gasteiger charge is 2.21. The number of carbonyl (C=O) groups excluding carboxylic acids is 1. The third-order valence-electron chi connectivity index (χ3n) is 2.85. The third kappa shape index (κ3) is 3.40. The predicted octanol–water partition coefficient (Wildman–Crippen LogP) is 3.63. The van der Waals surface area contributed by atoms with Gasteiger partial charge in [-0.3, -0.25) is 14.7 Å². The van der Waals surface area contributed by atoms with Gasteiger partial charge in [-0.05, 0) is 25.1 Å². The minimum Gasteiger partial charge on any atom is -0.299 e. The van der Waals surface area contributed by atoms with E-state index in [0.29, 0.717) is 17.3 Å². The SMILES string of the molecule is C=CCn1[nH]c(C)c(C(=O)c2ccc(Cl)cc2Cl)c1=O.Cl. The van der Waals surface area contributed by atoms with Gasteiger partial charge in [0.15, 0.2) is 0 Å². The van der Waals surface area contributed by atoms with Gasteiger partial charge in [0.1, 0.15) is 5.56 Å². The van der Waals surface area contributed by atoms with E-state index in [-0.39, 0.29) is 28.6 Å². The number of nitrogens with zero attached hydrogens (tertiary/aromatic N) is 1. The lowest BCUT2D eigenvalue weighted by Crippen LogP contribution is -2.21. The van der Waals surface area contributed by atoms with E-state index in [4.69, 9.17) is 23.2 Å². The first-order chi connectivity index (χ1) is 9.45. The largest absolute Gasteiger partial charge is 0.299 e. The van der Waals surface area contributed by atoms with Crippen LogP contribution in [0, 0.1) is 6.92 Å². The number of carbonyl (C=O) groups is 1. The fourth-order valence-corrected chi connectivity index (χ4v) is 2.43. The van der Waals surface area contributed by atoms with Crippen LogP contribution in [0.1, 0.15) is 21.6 Å². The average Bonchev–Trinajstić information content (AvgIpc) is 2.64. The Hall–Kier alpha value is -1.49. The van der Waals surface area contributed by atoms with Gasteiger partial charge >= 0.3 is 0 Å². The number of aromatic amines is 1. The Morgan fingerprint density at radius 3 is 2.67 bits per heavy atom. The van der Waals surface area contributed by atoms with Crippen molar-refractivity contribution in [2.75, 3.05) is 0 Å². The zero-order valence-corrected chi connectivity index (χ0v) is 13.5. The highest BCUT2D eigenvalue weighted by Crippen LogP contribution is 2.23. The van der Waals surface area contributed by atoms with Gasteiger partial charge in [-0.2, -0.15) is 0 Å². The fourth-order valence-electron chi connectivity index (χ4n) is 1.94. The third-order valence-corrected chi connectivity index (χ3v) is 3.40. The molecule has 1 heterocycles. The Morgan fingerprint density at radius 1 is 1.43 bits per heavy atom. The molecule has 112 valence electrons. The van der Waals surface area contributed by atoms with Gasteiger partial charge in [0.05, 0.1) is 11.6 Å². The van der Waals surface area contributed by atoms with E-state index in [1.165, 1.54) is 16.8 Å². The summed E-state index contributed by atoms with van der Waals surface area (Å²) in [4.78, 5) is 24.6. The zero-order chi connectivity index (χ0) is 14.9. The summed E-state index contributed by atoms with van der Waals surface area (Å²) in [6.07, 6.45) is 1.57. The van der Waals surface area contributed by atoms with Crippen LogP contribution >= 0.6 is 35.6 Å². The van der Waals surface area contributed by atoms with Crippen molar-refractivity contribution in [3.8, 4) is 0 Å². The smallest absolute Gasteiger partial charge is 0.278 e. The quantitative estimate of drug-likeness (QED) is 0.678. The number of nitrogens with one attached hydrogen (secondary N) is 1. The molecular formula is C14H13Cl3N2O2. The minimum absolute atomic E-state index is 0. The lowest BCUT2D eigenvalue weighted by atomic mass is 10.0. The van der Waals surface area contributed by atoms with E-state index in [1.54, 1.807) is 19.1 Å². The maximum absolute atomic E-state index is 12.5. The molecule has 1 N–H and O–H groups in total. The zero-order valence-electron chi connectivity index (χ0n) is 11.2. The molecule has 0 saturated heterocycles. The molecular weight excluding hydrogens is 335 g/mol. The van der Waals surface area contributed by atoms with Gasteiger partial charge in [0.25, 0.3) is 5.56 Å². The van der Waals surface area contributed by atoms with Crippen LogP contribution in [0.3, 0.4) is 0 Å². The molecule has 1 aromatic carbocycles. The van der Waals surface area contributed by atoms with Crippen molar-refractivity contribution in [1.82, 2.24) is 9.78 Å². The summed E-state index contributed by atoms with van der Waals surface area (Å²) in [5.41, 5.74) is 0.434. The van der Waals surface area contributed by atoms with Gasteiger partial charge in [-0.1, -0.05) is 29.3 Å². The molecule has 2 aromatic rings. The molecule has 0 aliphatic heterocycles. The van der Waals surface area contributed by atoms with Gasteiger partial charge < -0.3 is 0 Å². The first-order valence-corrected chi connectivity index (χ1v) is 6.61. The Bertz CT molecular complexity index is 747. The van der Waals surface area contributed by atoms with Crippen LogP contribution in [-0.4, -0.2) is 15.6 Å². The molecule has 21 heavy (non-hydrogen) atoms. The standard InChI is InChI=1S/C14H12Cl2N2O2.ClH/c1-3-6-18-14(20)12(8(2)17-18)13(19)10-5-4-9(15)7-11(10)16;/h3-5,7,17H,1,6H2,2H3;1H. The van der Waals surface area contributed by atoms with Crippen LogP contribution in [-0.2, 0) is 6.54 Å². The first-order valence-electron chi connectivity index (χ1n) is 5.85. The summed E-state index contributed by atoms with van der Waals surface area (Å²) in [7, 11) is 0. The molecule has 0 aliphatic carbocycles. The second-order valence-corrected chi connectivity index (χ2v) is 5.11. The van der Waals surface area contributed by atoms with Crippen molar-refractivity contribution in [2.24, 2.45) is 0 Å².